The van der Waals surface area contributed by atoms with Crippen LogP contribution in [-0.2, 0) is 0 Å². The van der Waals surface area contributed by atoms with Crippen LogP contribution in [0.15, 0.2) is 36.7 Å². The fourth-order valence-corrected chi connectivity index (χ4v) is 2.10. The second-order valence-corrected chi connectivity index (χ2v) is 4.86. The Bertz CT molecular complexity index is 655. The minimum Gasteiger partial charge on any atom is -0.487 e. The molecule has 1 aliphatic rings. The normalized spacial score (nSPS) is 14.4. The van der Waals surface area contributed by atoms with Gasteiger partial charge in [0, 0.05) is 12.4 Å². The maximum atomic E-state index is 12.8. The van der Waals surface area contributed by atoms with Gasteiger partial charge in [-0.15, -0.1) is 0 Å². The fourth-order valence-electron chi connectivity index (χ4n) is 2.10. The zero-order valence-electron chi connectivity index (χ0n) is 11.9. The molecule has 0 radical (unpaired) electrons. The van der Waals surface area contributed by atoms with Crippen molar-refractivity contribution >= 4 is 5.91 Å². The van der Waals surface area contributed by atoms with Crippen molar-refractivity contribution in [2.45, 2.75) is 6.10 Å². The van der Waals surface area contributed by atoms with Crippen molar-refractivity contribution in [1.82, 2.24) is 14.9 Å². The number of methoxy groups -OCH3 is 1. The Balaban J connectivity index is 1.53. The number of hydrogen-bond donors (Lipinski definition) is 0. The van der Waals surface area contributed by atoms with E-state index >= 15 is 0 Å². The lowest BCUT2D eigenvalue weighted by molar-refractivity contribution is 0.0177. The van der Waals surface area contributed by atoms with Crippen LogP contribution in [0.2, 0.25) is 0 Å². The predicted octanol–water partition coefficient (Wildman–Crippen LogP) is 1.53. The van der Waals surface area contributed by atoms with Gasteiger partial charge in [0.05, 0.1) is 25.8 Å². The van der Waals surface area contributed by atoms with Crippen LogP contribution in [0, 0.1) is 5.82 Å². The standard InChI is InChI=1S/C15H14FN3O3/c1-21-15-17-6-10(7-18-15)14(20)19-8-13(9-19)22-12-4-2-11(16)3-5-12/h2-7,13H,8-9H2,1H3. The zero-order chi connectivity index (χ0) is 15.5. The summed E-state index contributed by atoms with van der Waals surface area (Å²) in [6, 6.07) is 6.03. The highest BCUT2D eigenvalue weighted by Gasteiger charge is 2.33. The highest BCUT2D eigenvalue weighted by Crippen LogP contribution is 2.20. The van der Waals surface area contributed by atoms with Crippen LogP contribution in [-0.4, -0.2) is 47.1 Å². The molecule has 0 unspecified atom stereocenters. The summed E-state index contributed by atoms with van der Waals surface area (Å²) in [6.45, 7) is 0.949. The summed E-state index contributed by atoms with van der Waals surface area (Å²) in [5.41, 5.74) is 0.404. The van der Waals surface area contributed by atoms with Crippen LogP contribution in [0.3, 0.4) is 0 Å². The monoisotopic (exact) mass is 303 g/mol. The summed E-state index contributed by atoms with van der Waals surface area (Å²) in [4.78, 5) is 21.6. The lowest BCUT2D eigenvalue weighted by atomic mass is 10.1. The molecule has 0 bridgehead atoms. The van der Waals surface area contributed by atoms with Crippen molar-refractivity contribution in [2.75, 3.05) is 20.2 Å². The number of aromatic nitrogens is 2. The van der Waals surface area contributed by atoms with E-state index in [-0.39, 0.29) is 23.8 Å². The molecule has 6 nitrogen and oxygen atoms in total. The molecule has 2 heterocycles. The van der Waals surface area contributed by atoms with E-state index in [0.29, 0.717) is 24.4 Å². The quantitative estimate of drug-likeness (QED) is 0.857. The van der Waals surface area contributed by atoms with Crippen molar-refractivity contribution in [3.63, 3.8) is 0 Å². The summed E-state index contributed by atoms with van der Waals surface area (Å²) >= 11 is 0. The van der Waals surface area contributed by atoms with Crippen molar-refractivity contribution in [3.05, 3.63) is 48.0 Å². The topological polar surface area (TPSA) is 64.5 Å². The number of carbonyl (C=O) groups excluding carboxylic acids is 1. The van der Waals surface area contributed by atoms with Crippen LogP contribution in [0.25, 0.3) is 0 Å². The van der Waals surface area contributed by atoms with Crippen LogP contribution in [0.1, 0.15) is 10.4 Å². The van der Waals surface area contributed by atoms with Crippen LogP contribution in [0.4, 0.5) is 4.39 Å². The Morgan fingerprint density at radius 2 is 1.86 bits per heavy atom. The molecule has 0 N–H and O–H groups in total. The van der Waals surface area contributed by atoms with Gasteiger partial charge < -0.3 is 14.4 Å². The Morgan fingerprint density at radius 3 is 2.45 bits per heavy atom. The fraction of sp³-hybridized carbons (Fsp3) is 0.267. The SMILES string of the molecule is COc1ncc(C(=O)N2CC(Oc3ccc(F)cc3)C2)cn1. The number of nitrogens with zero attached hydrogens (tertiary/aromatic N) is 3. The third-order valence-corrected chi connectivity index (χ3v) is 3.31. The predicted molar refractivity (Wildman–Crippen MR) is 75.3 cm³/mol. The van der Waals surface area contributed by atoms with Gasteiger partial charge in [-0.3, -0.25) is 4.79 Å². The average Bonchev–Trinajstić information content (AvgIpc) is 2.52. The molecule has 0 atom stereocenters. The van der Waals surface area contributed by atoms with Gasteiger partial charge in [-0.05, 0) is 24.3 Å². The van der Waals surface area contributed by atoms with Gasteiger partial charge in [0.1, 0.15) is 17.7 Å². The number of ether oxygens (including phenoxy) is 2. The Morgan fingerprint density at radius 1 is 1.23 bits per heavy atom. The van der Waals surface area contributed by atoms with E-state index in [9.17, 15) is 9.18 Å². The average molecular weight is 303 g/mol. The molecule has 1 aromatic heterocycles. The molecule has 3 rings (SSSR count). The molecule has 0 saturated carbocycles. The molecule has 1 saturated heterocycles. The van der Waals surface area contributed by atoms with Crippen LogP contribution >= 0.6 is 0 Å². The van der Waals surface area contributed by atoms with Crippen LogP contribution in [0.5, 0.6) is 11.8 Å². The maximum Gasteiger partial charge on any atom is 0.316 e. The van der Waals surface area contributed by atoms with E-state index in [1.807, 2.05) is 0 Å². The molecule has 1 aromatic carbocycles. The van der Waals surface area contributed by atoms with Crippen molar-refractivity contribution in [1.29, 1.82) is 0 Å². The molecule has 114 valence electrons. The van der Waals surface area contributed by atoms with Gasteiger partial charge in [0.25, 0.3) is 5.91 Å². The van der Waals surface area contributed by atoms with Gasteiger partial charge >= 0.3 is 6.01 Å². The van der Waals surface area contributed by atoms with Gasteiger partial charge in [-0.25, -0.2) is 14.4 Å². The van der Waals surface area contributed by atoms with Crippen molar-refractivity contribution in [3.8, 4) is 11.8 Å². The van der Waals surface area contributed by atoms with Crippen molar-refractivity contribution < 1.29 is 18.7 Å². The maximum absolute atomic E-state index is 12.8. The molecular weight excluding hydrogens is 289 g/mol. The Hall–Kier alpha value is -2.70. The number of carbonyl (C=O) groups is 1. The smallest absolute Gasteiger partial charge is 0.316 e. The number of halogens is 1. The van der Waals surface area contributed by atoms with E-state index in [0.717, 1.165) is 0 Å². The number of rotatable bonds is 4. The molecule has 1 fully saturated rings. The molecule has 7 heteroatoms. The van der Waals surface area contributed by atoms with Crippen LogP contribution < -0.4 is 9.47 Å². The number of amides is 1. The van der Waals surface area contributed by atoms with E-state index in [1.54, 1.807) is 17.0 Å². The van der Waals surface area contributed by atoms with E-state index in [1.165, 1.54) is 31.6 Å². The Labute approximate surface area is 126 Å². The molecule has 1 aliphatic heterocycles. The summed E-state index contributed by atoms with van der Waals surface area (Å²) in [5, 5.41) is 0. The van der Waals surface area contributed by atoms with E-state index < -0.39 is 0 Å². The van der Waals surface area contributed by atoms with Gasteiger partial charge in [0.15, 0.2) is 0 Å². The summed E-state index contributed by atoms with van der Waals surface area (Å²) in [5.74, 6) is 0.130. The van der Waals surface area contributed by atoms with Gasteiger partial charge in [-0.2, -0.15) is 0 Å². The number of benzene rings is 1. The molecule has 2 aromatic rings. The van der Waals surface area contributed by atoms with Crippen molar-refractivity contribution in [2.24, 2.45) is 0 Å². The molecule has 22 heavy (non-hydrogen) atoms. The first-order valence-electron chi connectivity index (χ1n) is 6.73. The number of hydrogen-bond acceptors (Lipinski definition) is 5. The molecule has 0 spiro atoms. The summed E-state index contributed by atoms with van der Waals surface area (Å²) in [6.07, 6.45) is 2.78. The molecule has 0 aliphatic carbocycles. The second kappa shape index (κ2) is 5.97. The molecular formula is C15H14FN3O3. The molecule has 1 amide bonds. The Kier molecular flexibility index (Phi) is 3.86. The third kappa shape index (κ3) is 2.98. The van der Waals surface area contributed by atoms with E-state index in [2.05, 4.69) is 9.97 Å². The van der Waals surface area contributed by atoms with Gasteiger partial charge in [-0.1, -0.05) is 0 Å². The van der Waals surface area contributed by atoms with E-state index in [4.69, 9.17) is 9.47 Å². The highest BCUT2D eigenvalue weighted by atomic mass is 19.1. The minimum absolute atomic E-state index is 0.0893. The minimum atomic E-state index is -0.308. The second-order valence-electron chi connectivity index (χ2n) is 4.86. The largest absolute Gasteiger partial charge is 0.487 e. The first kappa shape index (κ1) is 14.2. The first-order chi connectivity index (χ1) is 10.7. The number of likely N-dealkylation sites (tertiary alicyclic amines) is 1. The highest BCUT2D eigenvalue weighted by molar-refractivity contribution is 5.94. The third-order valence-electron chi connectivity index (χ3n) is 3.31. The van der Waals surface area contributed by atoms with Gasteiger partial charge in [0.2, 0.25) is 0 Å². The zero-order valence-corrected chi connectivity index (χ0v) is 11.9. The summed E-state index contributed by atoms with van der Waals surface area (Å²) in [7, 11) is 1.46. The first-order valence-corrected chi connectivity index (χ1v) is 6.73. The lowest BCUT2D eigenvalue weighted by Crippen LogP contribution is -2.56. The lowest BCUT2D eigenvalue weighted by Gasteiger charge is -2.38. The summed E-state index contributed by atoms with van der Waals surface area (Å²) < 4.78 is 23.3.